The first kappa shape index (κ1) is 20.5. The summed E-state index contributed by atoms with van der Waals surface area (Å²) < 4.78 is 81.8. The number of hydrogen-bond acceptors (Lipinski definition) is 4. The molecule has 1 N–H and O–H groups in total. The highest BCUT2D eigenvalue weighted by Gasteiger charge is 2.39. The average molecular weight is 392 g/mol. The number of nitrogens with zero attached hydrogens (tertiary/aromatic N) is 1. The van der Waals surface area contributed by atoms with Crippen LogP contribution in [0.15, 0.2) is 30.5 Å². The lowest BCUT2D eigenvalue weighted by Gasteiger charge is -2.16. The van der Waals surface area contributed by atoms with E-state index in [1.807, 2.05) is 0 Å². The van der Waals surface area contributed by atoms with Gasteiger partial charge in [-0.25, -0.2) is 9.78 Å². The third-order valence-corrected chi connectivity index (χ3v) is 3.68. The molecule has 4 nitrogen and oxygen atoms in total. The molecule has 0 spiro atoms. The third kappa shape index (κ3) is 4.89. The Hall–Kier alpha value is -2.78. The van der Waals surface area contributed by atoms with Crippen molar-refractivity contribution in [1.29, 1.82) is 0 Å². The molecule has 0 bridgehead atoms. The van der Waals surface area contributed by atoms with Gasteiger partial charge in [0.15, 0.2) is 0 Å². The maximum atomic E-state index is 13.1. The van der Waals surface area contributed by atoms with Gasteiger partial charge in [-0.05, 0) is 30.2 Å². The van der Waals surface area contributed by atoms with Gasteiger partial charge in [0, 0.05) is 12.7 Å². The lowest BCUT2D eigenvalue weighted by molar-refractivity contribution is -0.143. The van der Waals surface area contributed by atoms with Crippen molar-refractivity contribution in [2.75, 3.05) is 12.4 Å². The van der Waals surface area contributed by atoms with E-state index in [1.165, 1.54) is 19.2 Å². The number of benzene rings is 1. The SMILES string of the molecule is COC(=O)c1ccc(CNc2ncc(C(F)(F)F)cc2C(F)(F)F)cc1C. The van der Waals surface area contributed by atoms with Crippen LogP contribution in [-0.2, 0) is 23.6 Å². The van der Waals surface area contributed by atoms with E-state index in [0.29, 0.717) is 22.9 Å². The van der Waals surface area contributed by atoms with Crippen LogP contribution in [-0.4, -0.2) is 18.1 Å². The van der Waals surface area contributed by atoms with E-state index in [2.05, 4.69) is 15.0 Å². The number of esters is 1. The van der Waals surface area contributed by atoms with Crippen molar-refractivity contribution < 1.29 is 35.9 Å². The first-order chi connectivity index (χ1) is 12.4. The van der Waals surface area contributed by atoms with E-state index in [4.69, 9.17) is 0 Å². The summed E-state index contributed by atoms with van der Waals surface area (Å²) in [5.41, 5.74) is -1.66. The zero-order valence-corrected chi connectivity index (χ0v) is 14.1. The minimum Gasteiger partial charge on any atom is -0.465 e. The van der Waals surface area contributed by atoms with Crippen molar-refractivity contribution in [1.82, 2.24) is 4.98 Å². The van der Waals surface area contributed by atoms with Crippen molar-refractivity contribution in [2.24, 2.45) is 0 Å². The van der Waals surface area contributed by atoms with E-state index in [-0.39, 0.29) is 12.6 Å². The molecule has 1 aromatic heterocycles. The predicted molar refractivity (Wildman–Crippen MR) is 84.1 cm³/mol. The summed E-state index contributed by atoms with van der Waals surface area (Å²) in [6.07, 6.45) is -9.61. The Labute approximate surface area is 150 Å². The summed E-state index contributed by atoms with van der Waals surface area (Å²) >= 11 is 0. The molecule has 0 unspecified atom stereocenters. The Morgan fingerprint density at radius 3 is 2.30 bits per heavy atom. The molecule has 0 atom stereocenters. The normalized spacial score (nSPS) is 12.0. The van der Waals surface area contributed by atoms with E-state index in [0.717, 1.165) is 0 Å². The van der Waals surface area contributed by atoms with Crippen LogP contribution in [0.4, 0.5) is 32.2 Å². The molecule has 0 aliphatic heterocycles. The van der Waals surface area contributed by atoms with E-state index >= 15 is 0 Å². The fourth-order valence-electron chi connectivity index (χ4n) is 2.34. The van der Waals surface area contributed by atoms with E-state index in [9.17, 15) is 31.1 Å². The molecular weight excluding hydrogens is 378 g/mol. The van der Waals surface area contributed by atoms with Crippen molar-refractivity contribution in [3.05, 3.63) is 58.3 Å². The summed E-state index contributed by atoms with van der Waals surface area (Å²) in [6.45, 7) is 1.48. The van der Waals surface area contributed by atoms with Crippen molar-refractivity contribution in [2.45, 2.75) is 25.8 Å². The number of ether oxygens (including phenoxy) is 1. The van der Waals surface area contributed by atoms with Crippen LogP contribution in [0.1, 0.15) is 32.6 Å². The van der Waals surface area contributed by atoms with Crippen LogP contribution in [0.25, 0.3) is 0 Å². The van der Waals surface area contributed by atoms with Gasteiger partial charge in [-0.2, -0.15) is 26.3 Å². The number of nitrogens with one attached hydrogen (secondary N) is 1. The number of aryl methyl sites for hydroxylation is 1. The zero-order chi connectivity index (χ0) is 20.4. The molecule has 2 rings (SSSR count). The van der Waals surface area contributed by atoms with Crippen molar-refractivity contribution in [3.8, 4) is 0 Å². The van der Waals surface area contributed by atoms with Gasteiger partial charge in [-0.3, -0.25) is 0 Å². The van der Waals surface area contributed by atoms with E-state index < -0.39 is 35.3 Å². The standard InChI is InChI=1S/C17H14F6N2O2/c1-9-5-10(3-4-12(9)15(26)27-2)7-24-14-13(17(21,22)23)6-11(8-25-14)16(18,19)20/h3-6,8H,7H2,1-2H3,(H,24,25). The number of rotatable bonds is 4. The number of carbonyl (C=O) groups excluding carboxylic acids is 1. The molecule has 0 radical (unpaired) electrons. The van der Waals surface area contributed by atoms with Crippen LogP contribution in [0.5, 0.6) is 0 Å². The van der Waals surface area contributed by atoms with Crippen molar-refractivity contribution in [3.63, 3.8) is 0 Å². The lowest BCUT2D eigenvalue weighted by Crippen LogP contribution is -2.16. The molecule has 27 heavy (non-hydrogen) atoms. The maximum Gasteiger partial charge on any atom is 0.419 e. The highest BCUT2D eigenvalue weighted by molar-refractivity contribution is 5.90. The van der Waals surface area contributed by atoms with Gasteiger partial charge >= 0.3 is 18.3 Å². The second-order valence-corrected chi connectivity index (χ2v) is 5.61. The van der Waals surface area contributed by atoms with Gasteiger partial charge < -0.3 is 10.1 Å². The molecule has 1 heterocycles. The molecule has 0 amide bonds. The first-order valence-electron chi connectivity index (χ1n) is 7.49. The fraction of sp³-hybridized carbons (Fsp3) is 0.294. The smallest absolute Gasteiger partial charge is 0.419 e. The molecule has 0 saturated carbocycles. The molecule has 0 fully saturated rings. The molecule has 0 saturated heterocycles. The predicted octanol–water partition coefficient (Wildman–Crippen LogP) is 4.83. The number of pyridine rings is 1. The van der Waals surface area contributed by atoms with Crippen LogP contribution in [0.2, 0.25) is 0 Å². The zero-order valence-electron chi connectivity index (χ0n) is 14.1. The lowest BCUT2D eigenvalue weighted by atomic mass is 10.0. The number of alkyl halides is 6. The van der Waals surface area contributed by atoms with Gasteiger partial charge in [0.25, 0.3) is 0 Å². The Morgan fingerprint density at radius 1 is 1.11 bits per heavy atom. The second kappa shape index (κ2) is 7.45. The molecule has 10 heteroatoms. The second-order valence-electron chi connectivity index (χ2n) is 5.61. The molecule has 0 aliphatic rings. The van der Waals surface area contributed by atoms with Crippen LogP contribution in [0.3, 0.4) is 0 Å². The largest absolute Gasteiger partial charge is 0.465 e. The highest BCUT2D eigenvalue weighted by atomic mass is 19.4. The summed E-state index contributed by atoms with van der Waals surface area (Å²) in [5, 5.41) is 2.39. The summed E-state index contributed by atoms with van der Waals surface area (Å²) in [6, 6.07) is 4.50. The number of aromatic nitrogens is 1. The number of methoxy groups -OCH3 is 1. The first-order valence-corrected chi connectivity index (χ1v) is 7.49. The van der Waals surface area contributed by atoms with Gasteiger partial charge in [-0.15, -0.1) is 0 Å². The highest BCUT2D eigenvalue weighted by Crippen LogP contribution is 2.38. The van der Waals surface area contributed by atoms with Gasteiger partial charge in [-0.1, -0.05) is 12.1 Å². The topological polar surface area (TPSA) is 51.2 Å². The molecular formula is C17H14F6N2O2. The third-order valence-electron chi connectivity index (χ3n) is 3.68. The monoisotopic (exact) mass is 392 g/mol. The number of anilines is 1. The fourth-order valence-corrected chi connectivity index (χ4v) is 2.34. The minimum absolute atomic E-state index is 0.0148. The summed E-state index contributed by atoms with van der Waals surface area (Å²) in [7, 11) is 1.21. The Balaban J connectivity index is 2.27. The van der Waals surface area contributed by atoms with Gasteiger partial charge in [0.1, 0.15) is 5.82 Å². The molecule has 2 aromatic rings. The number of hydrogen-bond donors (Lipinski definition) is 1. The molecule has 146 valence electrons. The van der Waals surface area contributed by atoms with Gasteiger partial charge in [0.2, 0.25) is 0 Å². The summed E-state index contributed by atoms with van der Waals surface area (Å²) in [5.74, 6) is -1.28. The molecule has 0 aliphatic carbocycles. The average Bonchev–Trinajstić information content (AvgIpc) is 2.57. The van der Waals surface area contributed by atoms with Gasteiger partial charge in [0.05, 0.1) is 23.8 Å². The minimum atomic E-state index is -5.01. The molecule has 1 aromatic carbocycles. The quantitative estimate of drug-likeness (QED) is 0.599. The Kier molecular flexibility index (Phi) is 5.67. The Bertz CT molecular complexity index is 846. The number of carbonyl (C=O) groups is 1. The van der Waals surface area contributed by atoms with Crippen LogP contribution in [0, 0.1) is 6.92 Å². The summed E-state index contributed by atoms with van der Waals surface area (Å²) in [4.78, 5) is 14.8. The van der Waals surface area contributed by atoms with Crippen molar-refractivity contribution >= 4 is 11.8 Å². The maximum absolute atomic E-state index is 13.1. The van der Waals surface area contributed by atoms with E-state index in [1.54, 1.807) is 13.0 Å². The Morgan fingerprint density at radius 2 is 1.78 bits per heavy atom. The van der Waals surface area contributed by atoms with Crippen LogP contribution >= 0.6 is 0 Å². The van der Waals surface area contributed by atoms with Crippen LogP contribution < -0.4 is 5.32 Å². The number of halogens is 6.